The molecule has 0 fully saturated rings. The van der Waals surface area contributed by atoms with Crippen molar-refractivity contribution in [2.75, 3.05) is 11.9 Å². The summed E-state index contributed by atoms with van der Waals surface area (Å²) in [6.07, 6.45) is 1.66. The molecule has 2 rings (SSSR count). The third kappa shape index (κ3) is 1.52. The number of likely N-dealkylation sites (N-methyl/N-ethyl adjacent to an activating group) is 1. The fourth-order valence-corrected chi connectivity index (χ4v) is 2.16. The van der Waals surface area contributed by atoms with Gasteiger partial charge < -0.3 is 4.90 Å². The second-order valence-electron chi connectivity index (χ2n) is 4.00. The van der Waals surface area contributed by atoms with Gasteiger partial charge in [-0.15, -0.1) is 0 Å². The molecule has 1 unspecified atom stereocenters. The Labute approximate surface area is 84.5 Å². The maximum absolute atomic E-state index is 11.1. The van der Waals surface area contributed by atoms with E-state index in [0.717, 1.165) is 6.42 Å². The van der Waals surface area contributed by atoms with E-state index in [-0.39, 0.29) is 5.78 Å². The van der Waals surface area contributed by atoms with Crippen molar-refractivity contribution < 1.29 is 4.79 Å². The van der Waals surface area contributed by atoms with Crippen molar-refractivity contribution in [1.29, 1.82) is 0 Å². The lowest BCUT2D eigenvalue weighted by atomic mass is 10.1. The minimum Gasteiger partial charge on any atom is -0.371 e. The molecular formula is C12H15NO. The third-order valence-electron chi connectivity index (χ3n) is 2.90. The van der Waals surface area contributed by atoms with Crippen molar-refractivity contribution in [2.45, 2.75) is 25.8 Å². The fraction of sp³-hybridized carbons (Fsp3) is 0.417. The summed E-state index contributed by atoms with van der Waals surface area (Å²) < 4.78 is 0. The Kier molecular flexibility index (Phi) is 2.28. The van der Waals surface area contributed by atoms with E-state index in [1.54, 1.807) is 6.92 Å². The van der Waals surface area contributed by atoms with E-state index in [1.165, 1.54) is 11.3 Å². The van der Waals surface area contributed by atoms with Crippen LogP contribution in [0.5, 0.6) is 0 Å². The Morgan fingerprint density at radius 1 is 1.50 bits per heavy atom. The molecule has 0 N–H and O–H groups in total. The second kappa shape index (κ2) is 3.45. The van der Waals surface area contributed by atoms with E-state index in [1.807, 2.05) is 6.07 Å². The van der Waals surface area contributed by atoms with E-state index in [9.17, 15) is 4.79 Å². The van der Waals surface area contributed by atoms with Crippen LogP contribution in [0.25, 0.3) is 0 Å². The molecule has 1 atom stereocenters. The zero-order chi connectivity index (χ0) is 10.1. The number of rotatable bonds is 2. The highest BCUT2D eigenvalue weighted by molar-refractivity contribution is 5.77. The van der Waals surface area contributed by atoms with Crippen molar-refractivity contribution >= 4 is 11.5 Å². The number of carbonyl (C=O) groups is 1. The quantitative estimate of drug-likeness (QED) is 0.709. The van der Waals surface area contributed by atoms with E-state index in [0.29, 0.717) is 12.5 Å². The molecule has 14 heavy (non-hydrogen) atoms. The van der Waals surface area contributed by atoms with Gasteiger partial charge in [-0.05, 0) is 25.0 Å². The number of fused-ring (bicyclic) bond motifs is 1. The number of hydrogen-bond donors (Lipinski definition) is 0. The van der Waals surface area contributed by atoms with Crippen molar-refractivity contribution in [3.8, 4) is 0 Å². The van der Waals surface area contributed by atoms with Crippen molar-refractivity contribution in [2.24, 2.45) is 0 Å². The molecule has 0 aliphatic carbocycles. The first-order valence-corrected chi connectivity index (χ1v) is 4.98. The highest BCUT2D eigenvalue weighted by Gasteiger charge is 2.26. The average Bonchev–Trinajstić information content (AvgIpc) is 2.44. The van der Waals surface area contributed by atoms with Gasteiger partial charge in [0.25, 0.3) is 0 Å². The van der Waals surface area contributed by atoms with Crippen LogP contribution >= 0.6 is 0 Å². The maximum atomic E-state index is 11.1. The number of anilines is 1. The Hall–Kier alpha value is -1.31. The van der Waals surface area contributed by atoms with Crippen LogP contribution in [0, 0.1) is 0 Å². The zero-order valence-corrected chi connectivity index (χ0v) is 8.66. The van der Waals surface area contributed by atoms with Crippen LogP contribution in [0.3, 0.4) is 0 Å². The maximum Gasteiger partial charge on any atom is 0.131 e. The van der Waals surface area contributed by atoms with Crippen LogP contribution in [-0.4, -0.2) is 18.9 Å². The Morgan fingerprint density at radius 3 is 2.86 bits per heavy atom. The van der Waals surface area contributed by atoms with Gasteiger partial charge in [-0.25, -0.2) is 0 Å². The van der Waals surface area contributed by atoms with Gasteiger partial charge in [0.15, 0.2) is 0 Å². The summed E-state index contributed by atoms with van der Waals surface area (Å²) >= 11 is 0. The molecule has 74 valence electrons. The number of benzene rings is 1. The molecule has 1 aliphatic heterocycles. The largest absolute Gasteiger partial charge is 0.371 e. The summed E-state index contributed by atoms with van der Waals surface area (Å²) in [7, 11) is 2.07. The first kappa shape index (κ1) is 9.25. The predicted octanol–water partition coefficient (Wildman–Crippen LogP) is 2.03. The molecule has 2 nitrogen and oxygen atoms in total. The zero-order valence-electron chi connectivity index (χ0n) is 8.66. The Balaban J connectivity index is 2.21. The topological polar surface area (TPSA) is 20.3 Å². The average molecular weight is 189 g/mol. The van der Waals surface area contributed by atoms with Crippen molar-refractivity contribution in [3.63, 3.8) is 0 Å². The van der Waals surface area contributed by atoms with Crippen LogP contribution in [-0.2, 0) is 11.2 Å². The molecule has 1 heterocycles. The van der Waals surface area contributed by atoms with Gasteiger partial charge in [-0.2, -0.15) is 0 Å². The highest BCUT2D eigenvalue weighted by Crippen LogP contribution is 2.31. The third-order valence-corrected chi connectivity index (χ3v) is 2.90. The van der Waals surface area contributed by atoms with Crippen molar-refractivity contribution in [1.82, 2.24) is 0 Å². The monoisotopic (exact) mass is 189 g/mol. The summed E-state index contributed by atoms with van der Waals surface area (Å²) in [4.78, 5) is 13.3. The molecule has 0 radical (unpaired) electrons. The van der Waals surface area contributed by atoms with E-state index >= 15 is 0 Å². The van der Waals surface area contributed by atoms with Crippen LogP contribution < -0.4 is 4.90 Å². The van der Waals surface area contributed by atoms with Crippen LogP contribution in [0.1, 0.15) is 18.9 Å². The van der Waals surface area contributed by atoms with Crippen LogP contribution in [0.15, 0.2) is 24.3 Å². The van der Waals surface area contributed by atoms with Gasteiger partial charge in [0.1, 0.15) is 5.78 Å². The van der Waals surface area contributed by atoms with E-state index in [2.05, 4.69) is 30.1 Å². The molecule has 0 saturated heterocycles. The summed E-state index contributed by atoms with van der Waals surface area (Å²) in [5.74, 6) is 0.273. The molecule has 2 heteroatoms. The van der Waals surface area contributed by atoms with Crippen LogP contribution in [0.4, 0.5) is 5.69 Å². The standard InChI is InChI=1S/C12H15NO/c1-9(14)7-11-8-10-5-3-4-6-12(10)13(11)2/h3-6,11H,7-8H2,1-2H3. The number of para-hydroxylation sites is 1. The van der Waals surface area contributed by atoms with Gasteiger partial charge >= 0.3 is 0 Å². The number of nitrogens with zero attached hydrogens (tertiary/aromatic N) is 1. The number of hydrogen-bond acceptors (Lipinski definition) is 2. The summed E-state index contributed by atoms with van der Waals surface area (Å²) in [5.41, 5.74) is 2.64. The van der Waals surface area contributed by atoms with E-state index < -0.39 is 0 Å². The highest BCUT2D eigenvalue weighted by atomic mass is 16.1. The van der Waals surface area contributed by atoms with Crippen molar-refractivity contribution in [3.05, 3.63) is 29.8 Å². The Morgan fingerprint density at radius 2 is 2.21 bits per heavy atom. The first-order valence-electron chi connectivity index (χ1n) is 4.98. The molecular weight excluding hydrogens is 174 g/mol. The molecule has 1 aromatic carbocycles. The van der Waals surface area contributed by atoms with Crippen LogP contribution in [0.2, 0.25) is 0 Å². The molecule has 0 saturated carbocycles. The predicted molar refractivity (Wildman–Crippen MR) is 57.6 cm³/mol. The number of Topliss-reactive ketones (excluding diaryl/α,β-unsaturated/α-hetero) is 1. The smallest absolute Gasteiger partial charge is 0.131 e. The van der Waals surface area contributed by atoms with Gasteiger partial charge in [-0.3, -0.25) is 4.79 Å². The van der Waals surface area contributed by atoms with Gasteiger partial charge in [0.05, 0.1) is 0 Å². The number of ketones is 1. The molecule has 1 aromatic rings. The first-order chi connectivity index (χ1) is 6.68. The molecule has 0 aromatic heterocycles. The lowest BCUT2D eigenvalue weighted by Gasteiger charge is -2.21. The molecule has 0 amide bonds. The fourth-order valence-electron chi connectivity index (χ4n) is 2.16. The SMILES string of the molecule is CC(=O)CC1Cc2ccccc2N1C. The van der Waals surface area contributed by atoms with Gasteiger partial charge in [-0.1, -0.05) is 18.2 Å². The normalized spacial score (nSPS) is 19.6. The summed E-state index contributed by atoms with van der Waals surface area (Å²) in [6.45, 7) is 1.66. The minimum atomic E-state index is 0.273. The minimum absolute atomic E-state index is 0.273. The van der Waals surface area contributed by atoms with Gasteiger partial charge in [0.2, 0.25) is 0 Å². The number of carbonyl (C=O) groups excluding carboxylic acids is 1. The summed E-state index contributed by atoms with van der Waals surface area (Å²) in [5, 5.41) is 0. The second-order valence-corrected chi connectivity index (χ2v) is 4.00. The molecule has 0 spiro atoms. The lowest BCUT2D eigenvalue weighted by Crippen LogP contribution is -2.29. The summed E-state index contributed by atoms with van der Waals surface area (Å²) in [6, 6.07) is 8.74. The van der Waals surface area contributed by atoms with Gasteiger partial charge in [0, 0.05) is 25.2 Å². The lowest BCUT2D eigenvalue weighted by molar-refractivity contribution is -0.117. The molecule has 0 bridgehead atoms. The van der Waals surface area contributed by atoms with E-state index in [4.69, 9.17) is 0 Å². The Bertz CT molecular complexity index is 359. The molecule has 1 aliphatic rings.